The number of thioether (sulfide) groups is 1. The third-order valence-corrected chi connectivity index (χ3v) is 7.27. The highest BCUT2D eigenvalue weighted by Gasteiger charge is 2.24. The molecule has 0 spiro atoms. The summed E-state index contributed by atoms with van der Waals surface area (Å²) in [5.41, 5.74) is 1.87. The first kappa shape index (κ1) is 21.9. The fourth-order valence-electron chi connectivity index (χ4n) is 3.04. The van der Waals surface area contributed by atoms with Crippen molar-refractivity contribution in [2.45, 2.75) is 23.3 Å². The van der Waals surface area contributed by atoms with Gasteiger partial charge in [-0.25, -0.2) is 8.42 Å². The lowest BCUT2D eigenvalue weighted by molar-refractivity contribution is 0.0950. The van der Waals surface area contributed by atoms with Gasteiger partial charge in [0.1, 0.15) is 0 Å². The third kappa shape index (κ3) is 5.04. The number of sulfonamides is 1. The van der Waals surface area contributed by atoms with Gasteiger partial charge in [-0.05, 0) is 61.2 Å². The van der Waals surface area contributed by atoms with Crippen LogP contribution >= 0.6 is 11.8 Å². The summed E-state index contributed by atoms with van der Waals surface area (Å²) in [6.07, 6.45) is 2.01. The first-order valence-electron chi connectivity index (χ1n) is 9.54. The molecule has 30 heavy (non-hydrogen) atoms. The minimum absolute atomic E-state index is 0.0881. The van der Waals surface area contributed by atoms with Gasteiger partial charge in [0, 0.05) is 23.5 Å². The average molecular weight is 441 g/mol. The second-order valence-corrected chi connectivity index (χ2v) is 9.31. The van der Waals surface area contributed by atoms with E-state index < -0.39 is 10.0 Å². The Balaban J connectivity index is 1.78. The van der Waals surface area contributed by atoms with Crippen molar-refractivity contribution in [3.05, 3.63) is 90.0 Å². The number of benzene rings is 3. The van der Waals surface area contributed by atoms with Crippen LogP contribution in [0.2, 0.25) is 0 Å². The van der Waals surface area contributed by atoms with Crippen LogP contribution in [0.1, 0.15) is 22.8 Å². The minimum Gasteiger partial charge on any atom is -0.348 e. The van der Waals surface area contributed by atoms with E-state index in [2.05, 4.69) is 5.32 Å². The van der Waals surface area contributed by atoms with Crippen molar-refractivity contribution in [3.63, 3.8) is 0 Å². The van der Waals surface area contributed by atoms with Crippen LogP contribution in [0.5, 0.6) is 0 Å². The topological polar surface area (TPSA) is 66.5 Å². The van der Waals surface area contributed by atoms with Gasteiger partial charge >= 0.3 is 0 Å². The Morgan fingerprint density at radius 3 is 2.30 bits per heavy atom. The number of nitrogens with one attached hydrogen (secondary N) is 1. The zero-order valence-electron chi connectivity index (χ0n) is 16.9. The van der Waals surface area contributed by atoms with Crippen molar-refractivity contribution in [2.24, 2.45) is 0 Å². The van der Waals surface area contributed by atoms with Crippen molar-refractivity contribution >= 4 is 33.4 Å². The van der Waals surface area contributed by atoms with Crippen molar-refractivity contribution in [1.82, 2.24) is 5.32 Å². The van der Waals surface area contributed by atoms with Crippen LogP contribution in [0.25, 0.3) is 0 Å². The Kier molecular flexibility index (Phi) is 7.18. The molecule has 1 amide bonds. The van der Waals surface area contributed by atoms with E-state index in [4.69, 9.17) is 0 Å². The molecule has 0 radical (unpaired) electrons. The van der Waals surface area contributed by atoms with Gasteiger partial charge in [-0.15, -0.1) is 11.8 Å². The highest BCUT2D eigenvalue weighted by Crippen LogP contribution is 2.24. The van der Waals surface area contributed by atoms with Crippen LogP contribution in [-0.2, 0) is 16.6 Å². The molecular formula is C23H24N2O3S2. The Labute approximate surface area is 182 Å². The predicted molar refractivity (Wildman–Crippen MR) is 122 cm³/mol. The van der Waals surface area contributed by atoms with E-state index in [1.807, 2.05) is 36.6 Å². The van der Waals surface area contributed by atoms with Crippen molar-refractivity contribution in [3.8, 4) is 0 Å². The average Bonchev–Trinajstić information content (AvgIpc) is 2.79. The number of para-hydroxylation sites is 1. The van der Waals surface area contributed by atoms with Gasteiger partial charge in [0.25, 0.3) is 15.9 Å². The monoisotopic (exact) mass is 440 g/mol. The zero-order valence-corrected chi connectivity index (χ0v) is 18.5. The summed E-state index contributed by atoms with van der Waals surface area (Å²) in [6.45, 7) is 2.44. The van der Waals surface area contributed by atoms with Crippen LogP contribution in [0.4, 0.5) is 5.69 Å². The first-order valence-corrected chi connectivity index (χ1v) is 12.2. The van der Waals surface area contributed by atoms with E-state index in [0.717, 1.165) is 10.5 Å². The van der Waals surface area contributed by atoms with Crippen molar-refractivity contribution in [2.75, 3.05) is 17.1 Å². The van der Waals surface area contributed by atoms with Crippen LogP contribution in [0.15, 0.2) is 88.7 Å². The van der Waals surface area contributed by atoms with E-state index in [9.17, 15) is 13.2 Å². The van der Waals surface area contributed by atoms with Crippen LogP contribution in [0, 0.1) is 0 Å². The Bertz CT molecular complexity index is 1100. The molecule has 0 atom stereocenters. The van der Waals surface area contributed by atoms with E-state index >= 15 is 0 Å². The van der Waals surface area contributed by atoms with Crippen LogP contribution in [-0.4, -0.2) is 27.1 Å². The smallest absolute Gasteiger partial charge is 0.264 e. The summed E-state index contributed by atoms with van der Waals surface area (Å²) in [4.78, 5) is 13.8. The molecule has 0 saturated carbocycles. The molecule has 0 aliphatic carbocycles. The molecule has 0 unspecified atom stereocenters. The van der Waals surface area contributed by atoms with Crippen molar-refractivity contribution in [1.29, 1.82) is 0 Å². The van der Waals surface area contributed by atoms with Crippen molar-refractivity contribution < 1.29 is 13.2 Å². The number of carbonyl (C=O) groups excluding carboxylic acids is 1. The lowest BCUT2D eigenvalue weighted by Gasteiger charge is -2.23. The number of amides is 1. The molecular weight excluding hydrogens is 416 g/mol. The quantitative estimate of drug-likeness (QED) is 0.522. The fraction of sp³-hybridized carbons (Fsp3) is 0.174. The maximum absolute atomic E-state index is 13.2. The molecule has 3 aromatic rings. The normalized spacial score (nSPS) is 11.1. The van der Waals surface area contributed by atoms with Crippen LogP contribution < -0.4 is 9.62 Å². The molecule has 0 fully saturated rings. The Morgan fingerprint density at radius 1 is 0.967 bits per heavy atom. The lowest BCUT2D eigenvalue weighted by Crippen LogP contribution is -2.31. The number of rotatable bonds is 8. The molecule has 3 rings (SSSR count). The molecule has 0 heterocycles. The van der Waals surface area contributed by atoms with E-state index in [0.29, 0.717) is 17.8 Å². The van der Waals surface area contributed by atoms with Crippen LogP contribution in [0.3, 0.4) is 0 Å². The van der Waals surface area contributed by atoms with Gasteiger partial charge in [0.2, 0.25) is 0 Å². The molecule has 3 aromatic carbocycles. The highest BCUT2D eigenvalue weighted by molar-refractivity contribution is 7.98. The van der Waals surface area contributed by atoms with E-state index in [1.54, 1.807) is 55.1 Å². The molecule has 0 aromatic heterocycles. The molecule has 1 N–H and O–H groups in total. The second-order valence-electron chi connectivity index (χ2n) is 6.56. The Hall–Kier alpha value is -2.77. The summed E-state index contributed by atoms with van der Waals surface area (Å²) < 4.78 is 27.7. The number of hydrogen-bond acceptors (Lipinski definition) is 4. The van der Waals surface area contributed by atoms with Gasteiger partial charge < -0.3 is 5.32 Å². The summed E-state index contributed by atoms with van der Waals surface area (Å²) in [5, 5.41) is 2.85. The SMILES string of the molecule is CCN(c1ccccc1)S(=O)(=O)c1cccc(C(=O)NCc2ccc(SC)cc2)c1. The zero-order chi connectivity index (χ0) is 21.6. The first-order chi connectivity index (χ1) is 14.5. The maximum Gasteiger partial charge on any atom is 0.264 e. The number of anilines is 1. The summed E-state index contributed by atoms with van der Waals surface area (Å²) in [5.74, 6) is -0.316. The predicted octanol–water partition coefficient (Wildman–Crippen LogP) is 4.55. The standard InChI is InChI=1S/C23H24N2O3S2/c1-3-25(20-9-5-4-6-10-20)30(27,28)22-11-7-8-19(16-22)23(26)24-17-18-12-14-21(29-2)15-13-18/h4-16H,3,17H2,1-2H3,(H,24,26). The number of carbonyl (C=O) groups is 1. The Morgan fingerprint density at radius 2 is 1.67 bits per heavy atom. The third-order valence-electron chi connectivity index (χ3n) is 4.63. The fourth-order valence-corrected chi connectivity index (χ4v) is 4.97. The molecule has 5 nitrogen and oxygen atoms in total. The molecule has 0 aliphatic rings. The summed E-state index contributed by atoms with van der Waals surface area (Å²) >= 11 is 1.66. The van der Waals surface area contributed by atoms with Gasteiger partial charge in [-0.3, -0.25) is 9.10 Å². The number of nitrogens with zero attached hydrogens (tertiary/aromatic N) is 1. The van der Waals surface area contributed by atoms with E-state index in [-0.39, 0.29) is 17.3 Å². The van der Waals surface area contributed by atoms with Gasteiger partial charge in [-0.1, -0.05) is 36.4 Å². The minimum atomic E-state index is -3.78. The summed E-state index contributed by atoms with van der Waals surface area (Å²) in [7, 11) is -3.78. The molecule has 0 bridgehead atoms. The molecule has 156 valence electrons. The van der Waals surface area contributed by atoms with E-state index in [1.165, 1.54) is 16.4 Å². The maximum atomic E-state index is 13.2. The highest BCUT2D eigenvalue weighted by atomic mass is 32.2. The van der Waals surface area contributed by atoms with Gasteiger partial charge in [0.15, 0.2) is 0 Å². The van der Waals surface area contributed by atoms with Gasteiger partial charge in [0.05, 0.1) is 10.6 Å². The largest absolute Gasteiger partial charge is 0.348 e. The molecule has 0 aliphatic heterocycles. The molecule has 7 heteroatoms. The van der Waals surface area contributed by atoms with Gasteiger partial charge in [-0.2, -0.15) is 0 Å². The molecule has 0 saturated heterocycles. The number of hydrogen-bond donors (Lipinski definition) is 1. The second kappa shape index (κ2) is 9.82. The summed E-state index contributed by atoms with van der Waals surface area (Å²) in [6, 6.07) is 23.0. The lowest BCUT2D eigenvalue weighted by atomic mass is 10.2.